The molecular weight excluding hydrogens is 937 g/mol. The number of aliphatic hydroxyl groups excluding tert-OH is 1. The van der Waals surface area contributed by atoms with Crippen LogP contribution in [0.15, 0.2) is 24.3 Å². The summed E-state index contributed by atoms with van der Waals surface area (Å²) < 4.78 is -1.13. The van der Waals surface area contributed by atoms with Gasteiger partial charge in [0.1, 0.15) is 42.3 Å². The second kappa shape index (κ2) is 27.0. The zero-order chi connectivity index (χ0) is 51.7. The largest absolute Gasteiger partial charge is 0.391 e. The molecule has 2 heterocycles. The van der Waals surface area contributed by atoms with Gasteiger partial charge >= 0.3 is 0 Å². The van der Waals surface area contributed by atoms with Crippen LogP contribution >= 0.6 is 21.6 Å². The molecule has 69 heavy (non-hydrogen) atoms. The third-order valence-electron chi connectivity index (χ3n) is 11.8. The number of likely N-dealkylation sites (tertiary alicyclic amines) is 1. The zero-order valence-electron chi connectivity index (χ0n) is 40.0. The number of aliphatic hydroxyl groups is 1. The van der Waals surface area contributed by atoms with Crippen molar-refractivity contribution in [1.29, 1.82) is 0 Å². The van der Waals surface area contributed by atoms with Crippen molar-refractivity contribution < 1.29 is 53.1 Å². The van der Waals surface area contributed by atoms with E-state index < -0.39 is 137 Å². The lowest BCUT2D eigenvalue weighted by Gasteiger charge is -2.33. The average Bonchev–Trinajstić information content (AvgIpc) is 3.79. The SMILES string of the molecule is CC[C@H](C)C1NC(=O)[C@H](Cc2ccc(C)cc2)NC(=O)[C@@H](N)C(C)(C)SSC[C@@H](C(=O)N2CCC[C@H]2C(=O)N[C@@H](CCCN)C(=O)NCC(N)=O)NC(=O)[C@H](CC(N)=O)NC(=O)[C@H]([C@@H](C)O)NC1=O. The normalized spacial score (nSPS) is 25.6. The fourth-order valence-electron chi connectivity index (χ4n) is 7.43. The molecule has 0 aromatic heterocycles. The van der Waals surface area contributed by atoms with Crippen LogP contribution in [0.3, 0.4) is 0 Å². The number of benzene rings is 1. The number of primary amides is 2. The molecule has 16 N–H and O–H groups in total. The first kappa shape index (κ1) is 57.8. The highest BCUT2D eigenvalue weighted by Crippen LogP contribution is 2.38. The summed E-state index contributed by atoms with van der Waals surface area (Å²) in [5.41, 5.74) is 24.6. The Morgan fingerprint density at radius 2 is 1.48 bits per heavy atom. The van der Waals surface area contributed by atoms with Crippen LogP contribution in [-0.4, -0.2) is 154 Å². The number of amides is 10. The minimum atomic E-state index is -1.76. The van der Waals surface area contributed by atoms with Gasteiger partial charge in [0.25, 0.3) is 0 Å². The van der Waals surface area contributed by atoms with Gasteiger partial charge in [-0.15, -0.1) is 0 Å². The molecule has 10 atom stereocenters. The Kier molecular flexibility index (Phi) is 22.7. The monoisotopic (exact) mass is 1010 g/mol. The molecule has 0 spiro atoms. The maximum atomic E-state index is 14.6. The number of hydrogen-bond donors (Lipinski definition) is 12. The number of nitrogens with two attached hydrogens (primary N) is 4. The van der Waals surface area contributed by atoms with Crippen molar-refractivity contribution in [2.24, 2.45) is 28.9 Å². The maximum Gasteiger partial charge on any atom is 0.246 e. The second-order valence-electron chi connectivity index (χ2n) is 18.0. The van der Waals surface area contributed by atoms with E-state index in [9.17, 15) is 53.1 Å². The molecule has 0 aliphatic carbocycles. The lowest BCUT2D eigenvalue weighted by Crippen LogP contribution is -2.63. The minimum absolute atomic E-state index is 0.00243. The highest BCUT2D eigenvalue weighted by atomic mass is 33.1. The van der Waals surface area contributed by atoms with Crippen molar-refractivity contribution in [2.75, 3.05) is 25.4 Å². The van der Waals surface area contributed by atoms with Crippen LogP contribution in [0.25, 0.3) is 0 Å². The molecule has 23 nitrogen and oxygen atoms in total. The van der Waals surface area contributed by atoms with E-state index in [4.69, 9.17) is 22.9 Å². The standard InChI is InChI=1S/C44H70N12O11S2/c1-7-23(3)33-40(64)55-34(24(4)57)41(65)51-28(19-31(46)58)37(61)53-29(43(67)56-17-9-11-30(56)39(63)50-26(10-8-16-45)36(60)49-20-32(47)59)21-68-69-44(5,6)35(48)42(66)52-27(38(62)54-33)18-25-14-12-22(2)13-15-25/h12-15,23-24,26-30,33-35,57H,7-11,16-21,45,48H2,1-6H3,(H2,46,58)(H2,47,59)(H,49,60)(H,50,63)(H,51,65)(H,52,66)(H,53,61)(H,54,62)(H,55,64)/t23-,24+,26-,27-,28-,29-,30-,33?,34-,35+/m0/s1. The van der Waals surface area contributed by atoms with Crippen molar-refractivity contribution in [3.05, 3.63) is 35.4 Å². The van der Waals surface area contributed by atoms with Crippen molar-refractivity contribution in [1.82, 2.24) is 42.1 Å². The first-order chi connectivity index (χ1) is 32.4. The van der Waals surface area contributed by atoms with Crippen molar-refractivity contribution in [3.8, 4) is 0 Å². The van der Waals surface area contributed by atoms with Crippen LogP contribution in [0.2, 0.25) is 0 Å². The summed E-state index contributed by atoms with van der Waals surface area (Å²) in [4.78, 5) is 137. The third kappa shape index (κ3) is 17.4. The molecule has 2 aliphatic rings. The molecule has 2 saturated heterocycles. The number of carbonyl (C=O) groups is 10. The Morgan fingerprint density at radius 1 is 0.870 bits per heavy atom. The molecule has 384 valence electrons. The summed E-state index contributed by atoms with van der Waals surface area (Å²) in [6.45, 7) is 9.59. The predicted molar refractivity (Wildman–Crippen MR) is 259 cm³/mol. The van der Waals surface area contributed by atoms with E-state index in [-0.39, 0.29) is 38.1 Å². The van der Waals surface area contributed by atoms with E-state index in [1.807, 2.05) is 19.1 Å². The molecule has 2 aliphatic heterocycles. The lowest BCUT2D eigenvalue weighted by atomic mass is 9.96. The van der Waals surface area contributed by atoms with Crippen molar-refractivity contribution in [3.63, 3.8) is 0 Å². The van der Waals surface area contributed by atoms with Crippen LogP contribution in [-0.2, 0) is 54.4 Å². The molecular formula is C44H70N12O11S2. The first-order valence-corrected chi connectivity index (χ1v) is 25.2. The Balaban J connectivity index is 2.08. The molecule has 2 fully saturated rings. The molecule has 25 heteroatoms. The van der Waals surface area contributed by atoms with E-state index in [0.29, 0.717) is 24.8 Å². The zero-order valence-corrected chi connectivity index (χ0v) is 41.6. The fraction of sp³-hybridized carbons (Fsp3) is 0.636. The van der Waals surface area contributed by atoms with Gasteiger partial charge in [0.05, 0.1) is 25.1 Å². The minimum Gasteiger partial charge on any atom is -0.391 e. The van der Waals surface area contributed by atoms with Gasteiger partial charge in [-0.2, -0.15) is 0 Å². The van der Waals surface area contributed by atoms with Crippen LogP contribution in [0.1, 0.15) is 84.3 Å². The number of hydrogen-bond acceptors (Lipinski definition) is 15. The van der Waals surface area contributed by atoms with E-state index >= 15 is 0 Å². The van der Waals surface area contributed by atoms with Gasteiger partial charge in [0, 0.05) is 23.5 Å². The number of nitrogens with one attached hydrogen (secondary N) is 7. The molecule has 10 amide bonds. The van der Waals surface area contributed by atoms with E-state index in [1.165, 1.54) is 11.8 Å². The Labute approximate surface area is 409 Å². The highest BCUT2D eigenvalue weighted by Gasteiger charge is 2.42. The smallest absolute Gasteiger partial charge is 0.246 e. The average molecular weight is 1010 g/mol. The molecule has 1 aromatic rings. The lowest BCUT2D eigenvalue weighted by molar-refractivity contribution is -0.142. The second-order valence-corrected chi connectivity index (χ2v) is 21.0. The molecule has 1 aromatic carbocycles. The van der Waals surface area contributed by atoms with Gasteiger partial charge in [-0.3, -0.25) is 47.9 Å². The topological polar surface area (TPSA) is 382 Å². The summed E-state index contributed by atoms with van der Waals surface area (Å²) >= 11 is 0. The van der Waals surface area contributed by atoms with Gasteiger partial charge in [-0.05, 0) is 71.4 Å². The first-order valence-electron chi connectivity index (χ1n) is 22.9. The van der Waals surface area contributed by atoms with Gasteiger partial charge in [-0.1, -0.05) is 71.7 Å². The summed E-state index contributed by atoms with van der Waals surface area (Å²) in [7, 11) is 2.12. The summed E-state index contributed by atoms with van der Waals surface area (Å²) in [5.74, 6) is -9.32. The summed E-state index contributed by atoms with van der Waals surface area (Å²) in [6.07, 6.45) is -1.10. The Morgan fingerprint density at radius 3 is 2.07 bits per heavy atom. The van der Waals surface area contributed by atoms with Crippen LogP contribution < -0.4 is 60.2 Å². The molecule has 0 bridgehead atoms. The van der Waals surface area contributed by atoms with Crippen LogP contribution in [0.4, 0.5) is 0 Å². The summed E-state index contributed by atoms with van der Waals surface area (Å²) in [5, 5.41) is 28.7. The van der Waals surface area contributed by atoms with Gasteiger partial charge in [0.15, 0.2) is 0 Å². The van der Waals surface area contributed by atoms with E-state index in [1.54, 1.807) is 39.8 Å². The quantitative estimate of drug-likeness (QED) is 0.0718. The van der Waals surface area contributed by atoms with Crippen molar-refractivity contribution >= 4 is 80.7 Å². The molecule has 0 radical (unpaired) electrons. The van der Waals surface area contributed by atoms with E-state index in [0.717, 1.165) is 27.2 Å². The molecule has 1 unspecified atom stereocenters. The van der Waals surface area contributed by atoms with Crippen molar-refractivity contribution in [2.45, 2.75) is 146 Å². The van der Waals surface area contributed by atoms with Gasteiger partial charge < -0.3 is 70.2 Å². The van der Waals surface area contributed by atoms with Gasteiger partial charge in [-0.25, -0.2) is 0 Å². The van der Waals surface area contributed by atoms with Crippen LogP contribution in [0.5, 0.6) is 0 Å². The number of aryl methyl sites for hydroxylation is 1. The van der Waals surface area contributed by atoms with E-state index in [2.05, 4.69) is 37.2 Å². The fourth-order valence-corrected chi connectivity index (χ4v) is 10.2. The Bertz CT molecular complexity index is 2030. The summed E-state index contributed by atoms with van der Waals surface area (Å²) in [6, 6.07) is -3.84. The molecule has 0 saturated carbocycles. The Hall–Kier alpha value is -5.50. The molecule has 3 rings (SSSR count). The maximum absolute atomic E-state index is 14.6. The number of carbonyl (C=O) groups excluding carboxylic acids is 10. The predicted octanol–water partition coefficient (Wildman–Crippen LogP) is -3.42. The highest BCUT2D eigenvalue weighted by molar-refractivity contribution is 8.77. The number of rotatable bonds is 16. The third-order valence-corrected chi connectivity index (χ3v) is 15.2. The van der Waals surface area contributed by atoms with Crippen LogP contribution in [0, 0.1) is 12.8 Å². The number of nitrogens with zero attached hydrogens (tertiary/aromatic N) is 1. The van der Waals surface area contributed by atoms with Gasteiger partial charge in [0.2, 0.25) is 59.1 Å².